The number of alkyl halides is 3. The number of aromatic nitrogens is 2. The Hall–Kier alpha value is -2.59. The van der Waals surface area contributed by atoms with Crippen LogP contribution in [0.4, 0.5) is 13.2 Å². The molecule has 11 heteroatoms. The first-order valence-corrected chi connectivity index (χ1v) is 12.5. The van der Waals surface area contributed by atoms with Crippen LogP contribution in [0.25, 0.3) is 5.69 Å². The van der Waals surface area contributed by atoms with E-state index in [1.807, 2.05) is 13.8 Å². The van der Waals surface area contributed by atoms with Gasteiger partial charge in [-0.25, -0.2) is 13.1 Å². The molecule has 1 aliphatic carbocycles. The molecule has 34 heavy (non-hydrogen) atoms. The monoisotopic (exact) mass is 515 g/mol. The highest BCUT2D eigenvalue weighted by Crippen LogP contribution is 2.37. The fourth-order valence-corrected chi connectivity index (χ4v) is 5.59. The minimum atomic E-state index is -4.44. The van der Waals surface area contributed by atoms with E-state index >= 15 is 0 Å². The second-order valence-corrected chi connectivity index (χ2v) is 11.1. The molecule has 184 valence electrons. The molecule has 0 bridgehead atoms. The van der Waals surface area contributed by atoms with Crippen molar-refractivity contribution in [1.82, 2.24) is 15.1 Å². The number of amides is 1. The third-order valence-electron chi connectivity index (χ3n) is 5.70. The van der Waals surface area contributed by atoms with Crippen molar-refractivity contribution in [3.05, 3.63) is 69.4 Å². The van der Waals surface area contributed by atoms with Gasteiger partial charge in [0.05, 0.1) is 22.4 Å². The largest absolute Gasteiger partial charge is 0.416 e. The van der Waals surface area contributed by atoms with E-state index in [1.165, 1.54) is 29.9 Å². The molecule has 1 fully saturated rings. The van der Waals surface area contributed by atoms with Gasteiger partial charge in [0.25, 0.3) is 0 Å². The molecule has 1 N–H and O–H groups in total. The molecule has 6 nitrogen and oxygen atoms in total. The molecular weight excluding hydrogens is 491 g/mol. The minimum absolute atomic E-state index is 0.00809. The molecule has 3 rings (SSSR count). The fraction of sp³-hybridized carbons (Fsp3) is 0.391. The highest BCUT2D eigenvalue weighted by molar-refractivity contribution is 7.95. The summed E-state index contributed by atoms with van der Waals surface area (Å²) in [5, 5.41) is 6.09. The summed E-state index contributed by atoms with van der Waals surface area (Å²) in [7, 11) is -3.60. The van der Waals surface area contributed by atoms with Gasteiger partial charge in [-0.05, 0) is 64.0 Å². The number of carbonyl (C=O) groups excluding carboxylic acids is 1. The van der Waals surface area contributed by atoms with E-state index in [-0.39, 0.29) is 16.6 Å². The van der Waals surface area contributed by atoms with Crippen LogP contribution in [0.5, 0.6) is 0 Å². The Morgan fingerprint density at radius 1 is 1.18 bits per heavy atom. The number of benzene rings is 1. The Kier molecular flexibility index (Phi) is 7.62. The van der Waals surface area contributed by atoms with Gasteiger partial charge in [-0.2, -0.15) is 18.3 Å². The number of nitrogens with one attached hydrogen (secondary N) is 1. The van der Waals surface area contributed by atoms with Crippen LogP contribution in [-0.2, 0) is 27.4 Å². The van der Waals surface area contributed by atoms with Crippen molar-refractivity contribution < 1.29 is 26.4 Å². The number of sulfone groups is 1. The lowest BCUT2D eigenvalue weighted by Gasteiger charge is -2.35. The van der Waals surface area contributed by atoms with E-state index in [2.05, 4.69) is 10.4 Å². The smallest absolute Gasteiger partial charge is 0.352 e. The Labute approximate surface area is 201 Å². The molecule has 1 aliphatic rings. The van der Waals surface area contributed by atoms with Crippen LogP contribution in [-0.4, -0.2) is 29.4 Å². The topological polar surface area (TPSA) is 81.1 Å². The summed E-state index contributed by atoms with van der Waals surface area (Å²) in [6.07, 6.45) is 1.20. The summed E-state index contributed by atoms with van der Waals surface area (Å²) >= 11 is 6.14. The first-order chi connectivity index (χ1) is 15.8. The lowest BCUT2D eigenvalue weighted by atomic mass is 9.84. The lowest BCUT2D eigenvalue weighted by Crippen LogP contribution is -2.47. The van der Waals surface area contributed by atoms with Gasteiger partial charge in [0, 0.05) is 23.2 Å². The molecule has 1 heterocycles. The zero-order chi connectivity index (χ0) is 25.3. The molecule has 1 aromatic carbocycles. The number of hydrogen-bond acceptors (Lipinski definition) is 4. The zero-order valence-electron chi connectivity index (χ0n) is 18.9. The average molecular weight is 516 g/mol. The van der Waals surface area contributed by atoms with Crippen LogP contribution in [0, 0.1) is 5.92 Å². The van der Waals surface area contributed by atoms with E-state index in [0.717, 1.165) is 17.7 Å². The molecule has 2 atom stereocenters. The predicted octanol–water partition coefficient (Wildman–Crippen LogP) is 5.22. The minimum Gasteiger partial charge on any atom is -0.352 e. The summed E-state index contributed by atoms with van der Waals surface area (Å²) in [5.41, 5.74) is 1.01. The van der Waals surface area contributed by atoms with Crippen molar-refractivity contribution in [3.8, 4) is 5.69 Å². The predicted molar refractivity (Wildman–Crippen MR) is 124 cm³/mol. The summed E-state index contributed by atoms with van der Waals surface area (Å²) < 4.78 is 65.2. The van der Waals surface area contributed by atoms with E-state index in [1.54, 1.807) is 12.2 Å². The standard InChI is InChI=1S/C23H25ClF3N3O3S/c1-14(2)4-5-15(3)34(32,33)20-11-10-19(20)22(31)28-12-16-13-30(29-21(16)24)18-8-6-17(7-9-18)23(25,26)27/h4-9,13,19-20H,10-12H2,1-3H3,(H,28,31)/b15-5+. The number of nitrogens with zero attached hydrogens (tertiary/aromatic N) is 2. The molecule has 0 radical (unpaired) electrons. The van der Waals surface area contributed by atoms with Gasteiger partial charge in [-0.1, -0.05) is 23.3 Å². The number of allylic oxidation sites excluding steroid dienone is 4. The van der Waals surface area contributed by atoms with Crippen LogP contribution in [0.1, 0.15) is 44.7 Å². The number of halogens is 4. The van der Waals surface area contributed by atoms with Crippen molar-refractivity contribution in [3.63, 3.8) is 0 Å². The average Bonchev–Trinajstić information content (AvgIpc) is 3.09. The van der Waals surface area contributed by atoms with Crippen molar-refractivity contribution in [2.24, 2.45) is 5.92 Å². The first kappa shape index (κ1) is 26.0. The second kappa shape index (κ2) is 9.95. The maximum absolute atomic E-state index is 12.8. The Morgan fingerprint density at radius 3 is 2.35 bits per heavy atom. The van der Waals surface area contributed by atoms with Gasteiger partial charge in [0.2, 0.25) is 5.91 Å². The Morgan fingerprint density at radius 2 is 1.82 bits per heavy atom. The molecule has 0 spiro atoms. The summed E-state index contributed by atoms with van der Waals surface area (Å²) in [4.78, 5) is 12.9. The Bertz CT molecular complexity index is 1230. The van der Waals surface area contributed by atoms with Crippen molar-refractivity contribution in [1.29, 1.82) is 0 Å². The van der Waals surface area contributed by atoms with Gasteiger partial charge < -0.3 is 5.32 Å². The van der Waals surface area contributed by atoms with Crippen molar-refractivity contribution >= 4 is 27.3 Å². The highest BCUT2D eigenvalue weighted by Gasteiger charge is 2.45. The van der Waals surface area contributed by atoms with Gasteiger partial charge >= 0.3 is 6.18 Å². The normalized spacial score (nSPS) is 18.9. The molecule has 1 amide bonds. The Balaban J connectivity index is 1.66. The number of rotatable bonds is 7. The summed E-state index contributed by atoms with van der Waals surface area (Å²) in [6, 6.07) is 4.42. The molecule has 2 aromatic rings. The molecule has 1 aromatic heterocycles. The first-order valence-electron chi connectivity index (χ1n) is 10.6. The molecule has 0 aliphatic heterocycles. The third kappa shape index (κ3) is 5.72. The van der Waals surface area contributed by atoms with Gasteiger partial charge in [0.15, 0.2) is 15.0 Å². The van der Waals surface area contributed by atoms with E-state index in [0.29, 0.717) is 24.1 Å². The number of carbonyl (C=O) groups is 1. The van der Waals surface area contributed by atoms with E-state index in [4.69, 9.17) is 11.6 Å². The molecule has 1 saturated carbocycles. The maximum Gasteiger partial charge on any atom is 0.416 e. The van der Waals surface area contributed by atoms with Gasteiger partial charge in [-0.15, -0.1) is 0 Å². The van der Waals surface area contributed by atoms with Crippen molar-refractivity contribution in [2.45, 2.75) is 51.6 Å². The molecule has 0 saturated heterocycles. The van der Waals surface area contributed by atoms with E-state index < -0.39 is 38.7 Å². The van der Waals surface area contributed by atoms with Crippen LogP contribution < -0.4 is 5.32 Å². The third-order valence-corrected chi connectivity index (χ3v) is 8.41. The van der Waals surface area contributed by atoms with Crippen molar-refractivity contribution in [2.75, 3.05) is 0 Å². The maximum atomic E-state index is 12.8. The van der Waals surface area contributed by atoms with Crippen LogP contribution in [0.3, 0.4) is 0 Å². The fourth-order valence-electron chi connectivity index (χ4n) is 3.51. The van der Waals surface area contributed by atoms with Crippen LogP contribution in [0.15, 0.2) is 53.1 Å². The van der Waals surface area contributed by atoms with Gasteiger partial charge in [-0.3, -0.25) is 4.79 Å². The highest BCUT2D eigenvalue weighted by atomic mass is 35.5. The number of hydrogen-bond donors (Lipinski definition) is 1. The van der Waals surface area contributed by atoms with Gasteiger partial charge in [0.1, 0.15) is 0 Å². The SMILES string of the molecule is CC(C)=C/C=C(\C)S(=O)(=O)C1CCC1C(=O)NCc1cn(-c2ccc(C(F)(F)F)cc2)nc1Cl. The summed E-state index contributed by atoms with van der Waals surface area (Å²) in [5.74, 6) is -1.06. The molecular formula is C23H25ClF3N3O3S. The second-order valence-electron chi connectivity index (χ2n) is 8.44. The lowest BCUT2D eigenvalue weighted by molar-refractivity contribution is -0.137. The van der Waals surface area contributed by atoms with Crippen LogP contribution >= 0.6 is 11.6 Å². The quantitative estimate of drug-likeness (QED) is 0.512. The van der Waals surface area contributed by atoms with Crippen LogP contribution in [0.2, 0.25) is 5.15 Å². The molecule has 2 unspecified atom stereocenters. The van der Waals surface area contributed by atoms with E-state index in [9.17, 15) is 26.4 Å². The zero-order valence-corrected chi connectivity index (χ0v) is 20.4. The summed E-state index contributed by atoms with van der Waals surface area (Å²) in [6.45, 7) is 5.26.